The van der Waals surface area contributed by atoms with Gasteiger partial charge in [-0.3, -0.25) is 9.69 Å². The highest BCUT2D eigenvalue weighted by Crippen LogP contribution is 2.42. The van der Waals surface area contributed by atoms with Gasteiger partial charge in [0, 0.05) is 17.4 Å². The Labute approximate surface area is 199 Å². The van der Waals surface area contributed by atoms with E-state index in [0.717, 1.165) is 28.6 Å². The van der Waals surface area contributed by atoms with Crippen molar-refractivity contribution in [2.75, 3.05) is 14.2 Å². The standard InChI is InChI=1S/C26H29N3O3S/c1-31-22-14-19-20(15-23(22)32-2)27-26(33-16-18-11-7-4-8-12-18)29-21(25(30)28-24(19)29)13-17-9-5-3-6-10-17/h4,7-8,11-12,14-15,17,21H,3,5-6,9-10,13,16H2,1-2H3/t21-/m1/s1. The summed E-state index contributed by atoms with van der Waals surface area (Å²) < 4.78 is 11.0. The molecule has 2 heterocycles. The first kappa shape index (κ1) is 22.0. The maximum absolute atomic E-state index is 13.2. The zero-order valence-corrected chi connectivity index (χ0v) is 19.9. The molecule has 172 valence electrons. The second-order valence-corrected chi connectivity index (χ2v) is 9.73. The molecule has 2 aliphatic heterocycles. The van der Waals surface area contributed by atoms with E-state index in [-0.39, 0.29) is 11.9 Å². The Morgan fingerprint density at radius 3 is 2.45 bits per heavy atom. The zero-order chi connectivity index (χ0) is 22.8. The van der Waals surface area contributed by atoms with E-state index in [9.17, 15) is 4.79 Å². The summed E-state index contributed by atoms with van der Waals surface area (Å²) in [6.45, 7) is 0. The number of rotatable bonds is 6. The lowest BCUT2D eigenvalue weighted by Gasteiger charge is -2.33. The maximum atomic E-state index is 13.2. The summed E-state index contributed by atoms with van der Waals surface area (Å²) >= 11 is 1.65. The van der Waals surface area contributed by atoms with E-state index in [2.05, 4.69) is 22.0 Å². The van der Waals surface area contributed by atoms with Crippen LogP contribution in [0.4, 0.5) is 5.69 Å². The lowest BCUT2D eigenvalue weighted by molar-refractivity contribution is -0.120. The van der Waals surface area contributed by atoms with Gasteiger partial charge in [0.1, 0.15) is 11.9 Å². The Kier molecular flexibility index (Phi) is 6.40. The molecule has 33 heavy (non-hydrogen) atoms. The van der Waals surface area contributed by atoms with Crippen LogP contribution in [-0.4, -0.2) is 42.1 Å². The van der Waals surface area contributed by atoms with Crippen LogP contribution in [0, 0.1) is 5.92 Å². The van der Waals surface area contributed by atoms with E-state index in [1.807, 2.05) is 30.3 Å². The zero-order valence-electron chi connectivity index (χ0n) is 19.1. The van der Waals surface area contributed by atoms with Gasteiger partial charge in [-0.2, -0.15) is 4.99 Å². The summed E-state index contributed by atoms with van der Waals surface area (Å²) in [7, 11) is 3.23. The van der Waals surface area contributed by atoms with Crippen molar-refractivity contribution in [3.63, 3.8) is 0 Å². The molecule has 6 nitrogen and oxygen atoms in total. The first-order valence-electron chi connectivity index (χ1n) is 11.6. The third-order valence-corrected chi connectivity index (χ3v) is 7.72. The molecule has 0 aromatic heterocycles. The van der Waals surface area contributed by atoms with Gasteiger partial charge in [0.25, 0.3) is 5.91 Å². The van der Waals surface area contributed by atoms with E-state index in [4.69, 9.17) is 14.5 Å². The molecule has 3 aliphatic rings. The average molecular weight is 464 g/mol. The van der Waals surface area contributed by atoms with Crippen LogP contribution in [0.15, 0.2) is 52.4 Å². The minimum Gasteiger partial charge on any atom is -0.493 e. The molecule has 0 radical (unpaired) electrons. The Morgan fingerprint density at radius 1 is 1.00 bits per heavy atom. The molecule has 0 N–H and O–H groups in total. The number of hydrogen-bond acceptors (Lipinski definition) is 6. The van der Waals surface area contributed by atoms with Crippen molar-refractivity contribution in [1.29, 1.82) is 0 Å². The third kappa shape index (κ3) is 4.38. The summed E-state index contributed by atoms with van der Waals surface area (Å²) in [5.41, 5.74) is 2.79. The first-order chi connectivity index (χ1) is 16.2. The lowest BCUT2D eigenvalue weighted by Crippen LogP contribution is -2.44. The Bertz CT molecular complexity index is 1090. The fraction of sp³-hybridized carbons (Fsp3) is 0.423. The molecule has 7 heteroatoms. The van der Waals surface area contributed by atoms with E-state index in [1.54, 1.807) is 26.0 Å². The van der Waals surface area contributed by atoms with Crippen molar-refractivity contribution >= 4 is 34.4 Å². The minimum atomic E-state index is -0.286. The van der Waals surface area contributed by atoms with Crippen molar-refractivity contribution in [2.45, 2.75) is 50.3 Å². The highest BCUT2D eigenvalue weighted by molar-refractivity contribution is 8.13. The van der Waals surface area contributed by atoms with Gasteiger partial charge >= 0.3 is 0 Å². The van der Waals surface area contributed by atoms with Gasteiger partial charge in [-0.1, -0.05) is 74.2 Å². The van der Waals surface area contributed by atoms with Gasteiger partial charge in [0.2, 0.25) is 0 Å². The molecule has 1 fully saturated rings. The molecule has 1 atom stereocenters. The monoisotopic (exact) mass is 463 g/mol. The molecular weight excluding hydrogens is 434 g/mol. The summed E-state index contributed by atoms with van der Waals surface area (Å²) in [5.74, 6) is 3.18. The SMILES string of the molecule is COc1cc2c(cc1OC)C1=NC(=O)[C@@H](CC3CCCCC3)N1C(SCc1ccccc1)=N2. The summed E-state index contributed by atoms with van der Waals surface area (Å²) in [6, 6.07) is 13.8. The number of amides is 1. The predicted octanol–water partition coefficient (Wildman–Crippen LogP) is 5.57. The quantitative estimate of drug-likeness (QED) is 0.561. The fourth-order valence-electron chi connectivity index (χ4n) is 4.97. The van der Waals surface area contributed by atoms with Crippen LogP contribution in [-0.2, 0) is 10.5 Å². The van der Waals surface area contributed by atoms with Gasteiger partial charge < -0.3 is 9.47 Å². The summed E-state index contributed by atoms with van der Waals surface area (Å²) in [5, 5.41) is 0.823. The van der Waals surface area contributed by atoms with Crippen LogP contribution in [0.25, 0.3) is 0 Å². The largest absolute Gasteiger partial charge is 0.493 e. The third-order valence-electron chi connectivity index (χ3n) is 6.70. The van der Waals surface area contributed by atoms with Crippen LogP contribution in [0.3, 0.4) is 0 Å². The molecule has 0 saturated heterocycles. The summed E-state index contributed by atoms with van der Waals surface area (Å²) in [4.78, 5) is 24.8. The molecule has 0 unspecified atom stereocenters. The molecule has 0 spiro atoms. The van der Waals surface area contributed by atoms with Crippen molar-refractivity contribution in [3.05, 3.63) is 53.6 Å². The molecule has 1 aliphatic carbocycles. The second-order valence-electron chi connectivity index (χ2n) is 8.79. The van der Waals surface area contributed by atoms with E-state index < -0.39 is 0 Å². The van der Waals surface area contributed by atoms with Crippen LogP contribution in [0.1, 0.15) is 49.7 Å². The molecule has 1 saturated carbocycles. The van der Waals surface area contributed by atoms with Gasteiger partial charge in [-0.15, -0.1) is 0 Å². The number of thioether (sulfide) groups is 1. The van der Waals surface area contributed by atoms with E-state index in [1.165, 1.54) is 37.7 Å². The molecule has 1 amide bonds. The Balaban J connectivity index is 1.51. The highest BCUT2D eigenvalue weighted by atomic mass is 32.2. The predicted molar refractivity (Wildman–Crippen MR) is 133 cm³/mol. The summed E-state index contributed by atoms with van der Waals surface area (Å²) in [6.07, 6.45) is 7.02. The number of amidine groups is 2. The highest BCUT2D eigenvalue weighted by Gasteiger charge is 2.43. The van der Waals surface area contributed by atoms with Crippen molar-refractivity contribution < 1.29 is 14.3 Å². The van der Waals surface area contributed by atoms with Gasteiger partial charge in [0.05, 0.1) is 19.9 Å². The topological polar surface area (TPSA) is 63.5 Å². The molecular formula is C26H29N3O3S. The van der Waals surface area contributed by atoms with E-state index in [0.29, 0.717) is 23.3 Å². The van der Waals surface area contributed by atoms with Crippen molar-refractivity contribution in [1.82, 2.24) is 4.90 Å². The fourth-order valence-corrected chi connectivity index (χ4v) is 5.97. The molecule has 2 aromatic rings. The number of fused-ring (bicyclic) bond motifs is 3. The minimum absolute atomic E-state index is 0.0637. The van der Waals surface area contributed by atoms with Crippen LogP contribution in [0.2, 0.25) is 0 Å². The molecule has 0 bridgehead atoms. The normalized spacial score (nSPS) is 20.1. The number of ether oxygens (including phenoxy) is 2. The first-order valence-corrected chi connectivity index (χ1v) is 12.6. The Hall–Kier alpha value is -2.80. The smallest absolute Gasteiger partial charge is 0.270 e. The molecule has 5 rings (SSSR count). The number of carbonyl (C=O) groups excluding carboxylic acids is 1. The Morgan fingerprint density at radius 2 is 1.73 bits per heavy atom. The number of aliphatic imine (C=N–C) groups is 2. The number of methoxy groups -OCH3 is 2. The second kappa shape index (κ2) is 9.59. The molecule has 2 aromatic carbocycles. The van der Waals surface area contributed by atoms with Crippen LogP contribution >= 0.6 is 11.8 Å². The van der Waals surface area contributed by atoms with Crippen LogP contribution in [0.5, 0.6) is 11.5 Å². The lowest BCUT2D eigenvalue weighted by atomic mass is 9.84. The van der Waals surface area contributed by atoms with E-state index >= 15 is 0 Å². The maximum Gasteiger partial charge on any atom is 0.270 e. The number of carbonyl (C=O) groups is 1. The number of benzene rings is 2. The number of hydrogen-bond donors (Lipinski definition) is 0. The van der Waals surface area contributed by atoms with Crippen LogP contribution < -0.4 is 9.47 Å². The van der Waals surface area contributed by atoms with Gasteiger partial charge in [-0.05, 0) is 24.0 Å². The van der Waals surface area contributed by atoms with Crippen molar-refractivity contribution in [2.24, 2.45) is 15.9 Å². The van der Waals surface area contributed by atoms with Gasteiger partial charge in [-0.25, -0.2) is 4.99 Å². The van der Waals surface area contributed by atoms with Gasteiger partial charge in [0.15, 0.2) is 16.7 Å². The average Bonchev–Trinajstić information content (AvgIpc) is 3.19. The number of nitrogens with zero attached hydrogens (tertiary/aromatic N) is 3. The van der Waals surface area contributed by atoms with Crippen molar-refractivity contribution in [3.8, 4) is 11.5 Å².